The lowest BCUT2D eigenvalue weighted by atomic mass is 10.1. The molecule has 1 amide bonds. The van der Waals surface area contributed by atoms with Crippen LogP contribution >= 0.6 is 11.6 Å². The lowest BCUT2D eigenvalue weighted by Gasteiger charge is -2.08. The van der Waals surface area contributed by atoms with Gasteiger partial charge >= 0.3 is 6.18 Å². The van der Waals surface area contributed by atoms with Gasteiger partial charge in [0.1, 0.15) is 5.71 Å². The van der Waals surface area contributed by atoms with E-state index in [0.29, 0.717) is 11.3 Å². The molecule has 3 nitrogen and oxygen atoms in total. The van der Waals surface area contributed by atoms with Gasteiger partial charge in [0.05, 0.1) is 22.0 Å². The largest absolute Gasteiger partial charge is 0.416 e. The summed E-state index contributed by atoms with van der Waals surface area (Å²) in [4.78, 5) is 15.9. The van der Waals surface area contributed by atoms with Crippen LogP contribution < -0.4 is 5.32 Å². The van der Waals surface area contributed by atoms with Crippen LogP contribution in [0.5, 0.6) is 0 Å². The molecule has 0 bridgehead atoms. The van der Waals surface area contributed by atoms with Crippen LogP contribution in [0.15, 0.2) is 47.5 Å². The summed E-state index contributed by atoms with van der Waals surface area (Å²) in [6.45, 7) is 0. The van der Waals surface area contributed by atoms with E-state index in [9.17, 15) is 18.0 Å². The van der Waals surface area contributed by atoms with E-state index in [4.69, 9.17) is 11.6 Å². The molecule has 0 unspecified atom stereocenters. The van der Waals surface area contributed by atoms with Gasteiger partial charge in [-0.05, 0) is 24.3 Å². The highest BCUT2D eigenvalue weighted by Gasteiger charge is 2.31. The number of alkyl halides is 3. The van der Waals surface area contributed by atoms with Crippen LogP contribution in [0.2, 0.25) is 5.02 Å². The van der Waals surface area contributed by atoms with Crippen LogP contribution in [0, 0.1) is 0 Å². The quantitative estimate of drug-likeness (QED) is 0.828. The smallest absolute Gasteiger partial charge is 0.320 e. The minimum Gasteiger partial charge on any atom is -0.320 e. The zero-order valence-electron chi connectivity index (χ0n) is 10.9. The van der Waals surface area contributed by atoms with Crippen LogP contribution in [0.4, 0.5) is 24.5 Å². The topological polar surface area (TPSA) is 41.5 Å². The molecule has 7 heteroatoms. The fourth-order valence-corrected chi connectivity index (χ4v) is 2.27. The molecule has 3 rings (SSSR count). The first-order valence-electron chi connectivity index (χ1n) is 6.22. The number of fused-ring (bicyclic) bond motifs is 1. The van der Waals surface area contributed by atoms with Gasteiger partial charge in [-0.15, -0.1) is 0 Å². The molecule has 2 aromatic carbocycles. The number of rotatable bonds is 1. The standard InChI is InChI=1S/C15H8ClF3N2O/c16-10-6-5-8(15(17,18)19)7-12(10)20-13-9-3-1-2-4-11(9)21-14(13)22/h1-7H,(H,20,21,22). The van der Waals surface area contributed by atoms with Crippen molar-refractivity contribution in [2.45, 2.75) is 6.18 Å². The molecule has 1 aliphatic rings. The summed E-state index contributed by atoms with van der Waals surface area (Å²) in [5, 5.41) is 2.64. The number of para-hydroxylation sites is 1. The molecule has 1 N–H and O–H groups in total. The number of hydrogen-bond donors (Lipinski definition) is 1. The summed E-state index contributed by atoms with van der Waals surface area (Å²) in [7, 11) is 0. The van der Waals surface area contributed by atoms with Gasteiger partial charge in [-0.1, -0.05) is 29.8 Å². The fraction of sp³-hybridized carbons (Fsp3) is 0.0667. The number of carbonyl (C=O) groups is 1. The number of amides is 1. The molecule has 0 spiro atoms. The Balaban J connectivity index is 2.11. The van der Waals surface area contributed by atoms with Crippen molar-refractivity contribution in [2.75, 3.05) is 5.32 Å². The number of benzene rings is 2. The summed E-state index contributed by atoms with van der Waals surface area (Å²) in [6, 6.07) is 9.60. The lowest BCUT2D eigenvalue weighted by Crippen LogP contribution is -2.14. The molecule has 0 radical (unpaired) electrons. The molecule has 112 valence electrons. The molecular formula is C15H8ClF3N2O. The number of nitrogens with one attached hydrogen (secondary N) is 1. The number of anilines is 1. The Hall–Kier alpha value is -2.34. The second-order valence-corrected chi connectivity index (χ2v) is 5.03. The number of halogens is 4. The van der Waals surface area contributed by atoms with E-state index in [2.05, 4.69) is 10.3 Å². The third-order valence-electron chi connectivity index (χ3n) is 3.15. The monoisotopic (exact) mass is 324 g/mol. The van der Waals surface area contributed by atoms with Crippen molar-refractivity contribution >= 4 is 34.6 Å². The van der Waals surface area contributed by atoms with Crippen molar-refractivity contribution in [3.05, 3.63) is 58.6 Å². The van der Waals surface area contributed by atoms with E-state index in [0.717, 1.165) is 18.2 Å². The summed E-state index contributed by atoms with van der Waals surface area (Å²) in [6.07, 6.45) is -4.50. The van der Waals surface area contributed by atoms with Crippen LogP contribution in [-0.2, 0) is 11.0 Å². The van der Waals surface area contributed by atoms with Crippen molar-refractivity contribution in [3.63, 3.8) is 0 Å². The Kier molecular flexibility index (Phi) is 3.41. The maximum absolute atomic E-state index is 12.8. The first kappa shape index (κ1) is 14.6. The van der Waals surface area contributed by atoms with E-state index in [1.54, 1.807) is 24.3 Å². The normalized spacial score (nSPS) is 15.8. The molecule has 0 fully saturated rings. The zero-order chi connectivity index (χ0) is 15.9. The molecule has 0 saturated heterocycles. The molecule has 0 atom stereocenters. The Morgan fingerprint density at radius 3 is 2.55 bits per heavy atom. The number of hydrogen-bond acceptors (Lipinski definition) is 2. The second kappa shape index (κ2) is 5.14. The van der Waals surface area contributed by atoms with Gasteiger partial charge in [0.25, 0.3) is 5.91 Å². The average molecular weight is 325 g/mol. The molecule has 0 aliphatic carbocycles. The van der Waals surface area contributed by atoms with Gasteiger partial charge in [-0.3, -0.25) is 4.79 Å². The molecule has 0 saturated carbocycles. The van der Waals surface area contributed by atoms with Gasteiger partial charge in [0.2, 0.25) is 0 Å². The Morgan fingerprint density at radius 1 is 1.09 bits per heavy atom. The summed E-state index contributed by atoms with van der Waals surface area (Å²) >= 11 is 5.89. The van der Waals surface area contributed by atoms with Crippen molar-refractivity contribution in [1.82, 2.24) is 0 Å². The molecular weight excluding hydrogens is 317 g/mol. The molecule has 1 aliphatic heterocycles. The minimum atomic E-state index is -4.50. The Morgan fingerprint density at radius 2 is 1.82 bits per heavy atom. The van der Waals surface area contributed by atoms with Gasteiger partial charge < -0.3 is 5.32 Å². The van der Waals surface area contributed by atoms with Crippen molar-refractivity contribution in [2.24, 2.45) is 4.99 Å². The Labute approximate surface area is 128 Å². The van der Waals surface area contributed by atoms with Gasteiger partial charge in [-0.2, -0.15) is 13.2 Å². The fourth-order valence-electron chi connectivity index (χ4n) is 2.11. The molecule has 2 aromatic rings. The third kappa shape index (κ3) is 2.57. The van der Waals surface area contributed by atoms with E-state index in [-0.39, 0.29) is 16.4 Å². The van der Waals surface area contributed by atoms with Crippen LogP contribution in [0.25, 0.3) is 0 Å². The maximum atomic E-state index is 12.8. The van der Waals surface area contributed by atoms with Crippen molar-refractivity contribution in [3.8, 4) is 0 Å². The van der Waals surface area contributed by atoms with E-state index >= 15 is 0 Å². The van der Waals surface area contributed by atoms with Crippen molar-refractivity contribution in [1.29, 1.82) is 0 Å². The second-order valence-electron chi connectivity index (χ2n) is 4.62. The summed E-state index contributed by atoms with van der Waals surface area (Å²) in [5.74, 6) is -0.477. The maximum Gasteiger partial charge on any atom is 0.416 e. The number of nitrogens with zero attached hydrogens (tertiary/aromatic N) is 1. The highest BCUT2D eigenvalue weighted by Crippen LogP contribution is 2.36. The van der Waals surface area contributed by atoms with Gasteiger partial charge in [0, 0.05) is 5.56 Å². The predicted octanol–water partition coefficient (Wildman–Crippen LogP) is 4.43. The highest BCUT2D eigenvalue weighted by atomic mass is 35.5. The molecule has 1 heterocycles. The Bertz CT molecular complexity index is 800. The van der Waals surface area contributed by atoms with Crippen LogP contribution in [-0.4, -0.2) is 11.6 Å². The van der Waals surface area contributed by atoms with Crippen LogP contribution in [0.1, 0.15) is 11.1 Å². The minimum absolute atomic E-state index is 0.0387. The number of carbonyl (C=O) groups excluding carboxylic acids is 1. The molecule has 0 aromatic heterocycles. The van der Waals surface area contributed by atoms with Crippen LogP contribution in [0.3, 0.4) is 0 Å². The van der Waals surface area contributed by atoms with E-state index in [1.807, 2.05) is 0 Å². The lowest BCUT2D eigenvalue weighted by molar-refractivity contribution is -0.137. The summed E-state index contributed by atoms with van der Waals surface area (Å²) in [5.41, 5.74) is 0.161. The zero-order valence-corrected chi connectivity index (χ0v) is 11.7. The van der Waals surface area contributed by atoms with E-state index < -0.39 is 17.6 Å². The highest BCUT2D eigenvalue weighted by molar-refractivity contribution is 6.54. The average Bonchev–Trinajstić information content (AvgIpc) is 2.76. The van der Waals surface area contributed by atoms with E-state index in [1.165, 1.54) is 0 Å². The molecule has 22 heavy (non-hydrogen) atoms. The van der Waals surface area contributed by atoms with Gasteiger partial charge in [-0.25, -0.2) is 4.99 Å². The van der Waals surface area contributed by atoms with Gasteiger partial charge in [0.15, 0.2) is 0 Å². The SMILES string of the molecule is O=C1Nc2ccccc2C1=Nc1cc(C(F)(F)F)ccc1Cl. The summed E-state index contributed by atoms with van der Waals surface area (Å²) < 4.78 is 38.3. The predicted molar refractivity (Wildman–Crippen MR) is 77.7 cm³/mol. The first-order chi connectivity index (χ1) is 10.4. The third-order valence-corrected chi connectivity index (χ3v) is 3.47. The first-order valence-corrected chi connectivity index (χ1v) is 6.60. The van der Waals surface area contributed by atoms with Crippen molar-refractivity contribution < 1.29 is 18.0 Å². The number of aliphatic imine (C=N–C) groups is 1.